The Morgan fingerprint density at radius 2 is 2.21 bits per heavy atom. The monoisotopic (exact) mass is 196 g/mol. The van der Waals surface area contributed by atoms with Crippen LogP contribution in [0, 0.1) is 0 Å². The van der Waals surface area contributed by atoms with Crippen molar-refractivity contribution in [2.24, 2.45) is 0 Å². The van der Waals surface area contributed by atoms with Crippen molar-refractivity contribution >= 4 is 5.69 Å². The lowest BCUT2D eigenvalue weighted by Crippen LogP contribution is -2.30. The first-order chi connectivity index (χ1) is 6.76. The Balaban J connectivity index is 2.21. The second-order valence-corrected chi connectivity index (χ2v) is 3.50. The first-order valence-electron chi connectivity index (χ1n) is 5.27. The quantitative estimate of drug-likeness (QED) is 0.720. The Kier molecular flexibility index (Phi) is 4.46. The van der Waals surface area contributed by atoms with Crippen LogP contribution in [0.5, 0.6) is 0 Å². The van der Waals surface area contributed by atoms with Crippen LogP contribution in [-0.4, -0.2) is 22.4 Å². The van der Waals surface area contributed by atoms with Crippen molar-refractivity contribution in [3.05, 3.63) is 12.4 Å². The molecule has 0 atom stereocenters. The predicted molar refractivity (Wildman–Crippen MR) is 59.0 cm³/mol. The summed E-state index contributed by atoms with van der Waals surface area (Å²) in [6.07, 6.45) is 5.89. The minimum atomic E-state index is 0.628. The van der Waals surface area contributed by atoms with E-state index in [2.05, 4.69) is 24.3 Å². The van der Waals surface area contributed by atoms with Crippen LogP contribution >= 0.6 is 0 Å². The van der Waals surface area contributed by atoms with E-state index in [4.69, 9.17) is 5.73 Å². The van der Waals surface area contributed by atoms with E-state index in [1.54, 1.807) is 6.20 Å². The molecule has 0 bridgehead atoms. The molecule has 0 radical (unpaired) electrons. The molecule has 80 valence electrons. The van der Waals surface area contributed by atoms with Crippen molar-refractivity contribution in [2.75, 3.05) is 12.3 Å². The third-order valence-electron chi connectivity index (χ3n) is 2.41. The van der Waals surface area contributed by atoms with Crippen LogP contribution < -0.4 is 11.1 Å². The molecule has 1 heterocycles. The Hall–Kier alpha value is -1.03. The highest BCUT2D eigenvalue weighted by molar-refractivity contribution is 5.30. The fraction of sp³-hybridized carbons (Fsp3) is 0.700. The maximum atomic E-state index is 5.56. The number of anilines is 1. The van der Waals surface area contributed by atoms with E-state index in [0.717, 1.165) is 18.8 Å². The molecule has 0 aliphatic heterocycles. The van der Waals surface area contributed by atoms with E-state index in [9.17, 15) is 0 Å². The molecule has 4 heteroatoms. The van der Waals surface area contributed by atoms with Gasteiger partial charge in [-0.05, 0) is 12.8 Å². The van der Waals surface area contributed by atoms with Gasteiger partial charge in [-0.15, -0.1) is 0 Å². The lowest BCUT2D eigenvalue weighted by Gasteiger charge is -2.14. The number of nitrogen functional groups attached to an aromatic ring is 1. The smallest absolute Gasteiger partial charge is 0.0719 e. The zero-order valence-electron chi connectivity index (χ0n) is 9.03. The van der Waals surface area contributed by atoms with Gasteiger partial charge in [-0.1, -0.05) is 13.8 Å². The number of nitrogens with one attached hydrogen (secondary N) is 1. The van der Waals surface area contributed by atoms with Gasteiger partial charge in [0.15, 0.2) is 0 Å². The van der Waals surface area contributed by atoms with Gasteiger partial charge in [-0.3, -0.25) is 4.68 Å². The number of nitrogens with zero attached hydrogens (tertiary/aromatic N) is 2. The number of hydrogen-bond donors (Lipinski definition) is 2. The highest BCUT2D eigenvalue weighted by atomic mass is 15.3. The minimum Gasteiger partial charge on any atom is -0.396 e. The molecule has 0 saturated heterocycles. The molecule has 1 aromatic rings. The van der Waals surface area contributed by atoms with Crippen molar-refractivity contribution in [2.45, 2.75) is 39.3 Å². The van der Waals surface area contributed by atoms with Crippen LogP contribution in [0.2, 0.25) is 0 Å². The standard InChI is InChI=1S/C10H20N4/c1-3-10(4-2)12-5-6-14-8-9(11)7-13-14/h7-8,10,12H,3-6,11H2,1-2H3. The molecule has 0 fully saturated rings. The van der Waals surface area contributed by atoms with Gasteiger partial charge >= 0.3 is 0 Å². The van der Waals surface area contributed by atoms with E-state index in [1.807, 2.05) is 10.9 Å². The summed E-state index contributed by atoms with van der Waals surface area (Å²) < 4.78 is 1.87. The summed E-state index contributed by atoms with van der Waals surface area (Å²) in [7, 11) is 0. The average Bonchev–Trinajstić information content (AvgIpc) is 2.59. The van der Waals surface area contributed by atoms with Crippen LogP contribution in [0.1, 0.15) is 26.7 Å². The molecule has 14 heavy (non-hydrogen) atoms. The highest BCUT2D eigenvalue weighted by Gasteiger charge is 2.01. The fourth-order valence-electron chi connectivity index (χ4n) is 1.46. The number of rotatable bonds is 6. The molecule has 3 N–H and O–H groups in total. The molecule has 0 aromatic carbocycles. The van der Waals surface area contributed by atoms with E-state index < -0.39 is 0 Å². The summed E-state index contributed by atoms with van der Waals surface area (Å²) in [5.41, 5.74) is 6.29. The van der Waals surface area contributed by atoms with Crippen molar-refractivity contribution < 1.29 is 0 Å². The molecular formula is C10H20N4. The summed E-state index contributed by atoms with van der Waals surface area (Å²) in [6, 6.07) is 0.628. The summed E-state index contributed by atoms with van der Waals surface area (Å²) in [6.45, 7) is 6.24. The fourth-order valence-corrected chi connectivity index (χ4v) is 1.46. The van der Waals surface area contributed by atoms with Crippen molar-refractivity contribution in [3.8, 4) is 0 Å². The first-order valence-corrected chi connectivity index (χ1v) is 5.27. The van der Waals surface area contributed by atoms with Gasteiger partial charge in [0, 0.05) is 18.8 Å². The zero-order chi connectivity index (χ0) is 10.4. The van der Waals surface area contributed by atoms with Crippen LogP contribution in [0.15, 0.2) is 12.4 Å². The van der Waals surface area contributed by atoms with Crippen LogP contribution in [0.3, 0.4) is 0 Å². The molecule has 0 aliphatic carbocycles. The largest absolute Gasteiger partial charge is 0.396 e. The zero-order valence-corrected chi connectivity index (χ0v) is 9.03. The molecule has 0 aliphatic rings. The highest BCUT2D eigenvalue weighted by Crippen LogP contribution is 1.98. The number of nitrogens with two attached hydrogens (primary N) is 1. The van der Waals surface area contributed by atoms with E-state index >= 15 is 0 Å². The summed E-state index contributed by atoms with van der Waals surface area (Å²) in [5.74, 6) is 0. The van der Waals surface area contributed by atoms with Gasteiger partial charge in [0.25, 0.3) is 0 Å². The average molecular weight is 196 g/mol. The SMILES string of the molecule is CCC(CC)NCCn1cc(N)cn1. The molecule has 4 nitrogen and oxygen atoms in total. The lowest BCUT2D eigenvalue weighted by molar-refractivity contribution is 0.454. The molecule has 0 saturated carbocycles. The Morgan fingerprint density at radius 3 is 2.71 bits per heavy atom. The molecule has 0 amide bonds. The van der Waals surface area contributed by atoms with Gasteiger partial charge in [-0.25, -0.2) is 0 Å². The molecule has 0 spiro atoms. The third kappa shape index (κ3) is 3.38. The van der Waals surface area contributed by atoms with Gasteiger partial charge in [0.1, 0.15) is 0 Å². The molecule has 1 aromatic heterocycles. The first kappa shape index (κ1) is 11.0. The normalized spacial score (nSPS) is 11.1. The van der Waals surface area contributed by atoms with E-state index in [1.165, 1.54) is 12.8 Å². The maximum absolute atomic E-state index is 5.56. The van der Waals surface area contributed by atoms with Gasteiger partial charge < -0.3 is 11.1 Å². The summed E-state index contributed by atoms with van der Waals surface area (Å²) in [4.78, 5) is 0. The Morgan fingerprint density at radius 1 is 1.50 bits per heavy atom. The maximum Gasteiger partial charge on any atom is 0.0719 e. The van der Waals surface area contributed by atoms with Gasteiger partial charge in [-0.2, -0.15) is 5.10 Å². The Bertz CT molecular complexity index is 252. The van der Waals surface area contributed by atoms with E-state index in [0.29, 0.717) is 6.04 Å². The van der Waals surface area contributed by atoms with Crippen molar-refractivity contribution in [1.82, 2.24) is 15.1 Å². The van der Waals surface area contributed by atoms with Crippen LogP contribution in [0.25, 0.3) is 0 Å². The van der Waals surface area contributed by atoms with Gasteiger partial charge in [0.05, 0.1) is 18.4 Å². The van der Waals surface area contributed by atoms with Crippen molar-refractivity contribution in [1.29, 1.82) is 0 Å². The lowest BCUT2D eigenvalue weighted by atomic mass is 10.2. The molecular weight excluding hydrogens is 176 g/mol. The predicted octanol–water partition coefficient (Wildman–Crippen LogP) is 1.24. The molecule has 1 rings (SSSR count). The summed E-state index contributed by atoms with van der Waals surface area (Å²) in [5, 5.41) is 7.59. The Labute approximate surface area is 85.5 Å². The van der Waals surface area contributed by atoms with Crippen molar-refractivity contribution in [3.63, 3.8) is 0 Å². The number of hydrogen-bond acceptors (Lipinski definition) is 3. The van der Waals surface area contributed by atoms with Gasteiger partial charge in [0.2, 0.25) is 0 Å². The van der Waals surface area contributed by atoms with Crippen LogP contribution in [0.4, 0.5) is 5.69 Å². The number of aromatic nitrogens is 2. The molecule has 0 unspecified atom stereocenters. The second kappa shape index (κ2) is 5.65. The van der Waals surface area contributed by atoms with E-state index in [-0.39, 0.29) is 0 Å². The summed E-state index contributed by atoms with van der Waals surface area (Å²) >= 11 is 0. The topological polar surface area (TPSA) is 55.9 Å². The second-order valence-electron chi connectivity index (χ2n) is 3.50. The minimum absolute atomic E-state index is 0.628. The van der Waals surface area contributed by atoms with Crippen LogP contribution in [-0.2, 0) is 6.54 Å². The third-order valence-corrected chi connectivity index (χ3v) is 2.41.